The van der Waals surface area contributed by atoms with E-state index in [1.807, 2.05) is 0 Å². The monoisotopic (exact) mass is 466 g/mol. The molecule has 1 saturated carbocycles. The third kappa shape index (κ3) is 5.32. The Kier molecular flexibility index (Phi) is 7.35. The van der Waals surface area contributed by atoms with Crippen molar-refractivity contribution in [1.29, 1.82) is 0 Å². The number of hydrogen-bond donors (Lipinski definition) is 1. The lowest BCUT2D eigenvalue weighted by Crippen LogP contribution is -2.48. The van der Waals surface area contributed by atoms with E-state index in [2.05, 4.69) is 10.3 Å². The van der Waals surface area contributed by atoms with Crippen molar-refractivity contribution in [3.63, 3.8) is 0 Å². The fourth-order valence-corrected chi connectivity index (χ4v) is 4.48. The van der Waals surface area contributed by atoms with Gasteiger partial charge in [0.05, 0.1) is 0 Å². The zero-order valence-corrected chi connectivity index (χ0v) is 19.1. The zero-order chi connectivity index (χ0) is 24.1. The standard InChI is InChI=1S/C26H28F2N4O2/c1-18-29-14-15-31(18)17-24(33)32(21-11-7-8-19(27)16-21)25(22-12-5-6-13-23(22)28)26(34)30-20-9-3-2-4-10-20/h5-8,11-16,20,25H,2-4,9-10,17H2,1H3,(H,30,34). The summed E-state index contributed by atoms with van der Waals surface area (Å²) in [5.41, 5.74) is 0.227. The van der Waals surface area contributed by atoms with Crippen molar-refractivity contribution >= 4 is 17.5 Å². The van der Waals surface area contributed by atoms with Crippen LogP contribution in [0.2, 0.25) is 0 Å². The number of nitrogens with zero attached hydrogens (tertiary/aromatic N) is 3. The maximum atomic E-state index is 15.0. The van der Waals surface area contributed by atoms with Crippen LogP contribution >= 0.6 is 0 Å². The number of aryl methyl sites for hydroxylation is 1. The summed E-state index contributed by atoms with van der Waals surface area (Å²) in [5, 5.41) is 3.02. The van der Waals surface area contributed by atoms with E-state index in [-0.39, 0.29) is 23.8 Å². The van der Waals surface area contributed by atoms with E-state index in [4.69, 9.17) is 0 Å². The number of imidazole rings is 1. The third-order valence-corrected chi connectivity index (χ3v) is 6.24. The van der Waals surface area contributed by atoms with Crippen LogP contribution in [0.1, 0.15) is 49.5 Å². The molecule has 2 aromatic carbocycles. The minimum Gasteiger partial charge on any atom is -0.351 e. The van der Waals surface area contributed by atoms with Gasteiger partial charge in [0.1, 0.15) is 30.0 Å². The molecule has 0 spiro atoms. The van der Waals surface area contributed by atoms with Gasteiger partial charge in [-0.1, -0.05) is 43.5 Å². The van der Waals surface area contributed by atoms with Crippen LogP contribution in [-0.4, -0.2) is 27.4 Å². The normalized spacial score (nSPS) is 15.0. The first-order valence-corrected chi connectivity index (χ1v) is 11.5. The van der Waals surface area contributed by atoms with Crippen LogP contribution in [0.3, 0.4) is 0 Å². The molecule has 34 heavy (non-hydrogen) atoms. The van der Waals surface area contributed by atoms with Gasteiger partial charge in [0.15, 0.2) is 0 Å². The number of halogens is 2. The maximum Gasteiger partial charge on any atom is 0.248 e. The Morgan fingerprint density at radius 2 is 1.88 bits per heavy atom. The predicted molar refractivity (Wildman–Crippen MR) is 125 cm³/mol. The van der Waals surface area contributed by atoms with Gasteiger partial charge in [0.2, 0.25) is 11.8 Å². The highest BCUT2D eigenvalue weighted by Gasteiger charge is 2.36. The van der Waals surface area contributed by atoms with Gasteiger partial charge in [0.25, 0.3) is 0 Å². The number of amides is 2. The fraction of sp³-hybridized carbons (Fsp3) is 0.346. The van der Waals surface area contributed by atoms with Crippen LogP contribution in [0.25, 0.3) is 0 Å². The molecule has 178 valence electrons. The van der Waals surface area contributed by atoms with E-state index in [9.17, 15) is 14.0 Å². The Bertz CT molecular complexity index is 1160. The van der Waals surface area contributed by atoms with Gasteiger partial charge in [-0.3, -0.25) is 14.5 Å². The fourth-order valence-electron chi connectivity index (χ4n) is 4.48. The molecule has 1 N–H and O–H groups in total. The highest BCUT2D eigenvalue weighted by atomic mass is 19.1. The van der Waals surface area contributed by atoms with Crippen LogP contribution in [0.5, 0.6) is 0 Å². The molecule has 2 amide bonds. The second-order valence-corrected chi connectivity index (χ2v) is 8.61. The van der Waals surface area contributed by atoms with Crippen LogP contribution in [0.4, 0.5) is 14.5 Å². The molecule has 1 aliphatic rings. The summed E-state index contributed by atoms with van der Waals surface area (Å²) >= 11 is 0. The second kappa shape index (κ2) is 10.6. The molecule has 4 rings (SSSR count). The number of benzene rings is 2. The van der Waals surface area contributed by atoms with Gasteiger partial charge in [0, 0.05) is 29.7 Å². The van der Waals surface area contributed by atoms with E-state index in [1.54, 1.807) is 36.0 Å². The quantitative estimate of drug-likeness (QED) is 0.549. The number of rotatable bonds is 7. The van der Waals surface area contributed by atoms with Gasteiger partial charge in [-0.2, -0.15) is 0 Å². The molecular formula is C26H28F2N4O2. The highest BCUT2D eigenvalue weighted by Crippen LogP contribution is 2.31. The van der Waals surface area contributed by atoms with Crippen molar-refractivity contribution in [2.75, 3.05) is 4.90 Å². The topological polar surface area (TPSA) is 67.2 Å². The van der Waals surface area contributed by atoms with Gasteiger partial charge in [-0.05, 0) is 44.0 Å². The van der Waals surface area contributed by atoms with Crippen molar-refractivity contribution < 1.29 is 18.4 Å². The van der Waals surface area contributed by atoms with E-state index >= 15 is 4.39 Å². The molecule has 0 aliphatic heterocycles. The number of hydrogen-bond acceptors (Lipinski definition) is 3. The lowest BCUT2D eigenvalue weighted by molar-refractivity contribution is -0.127. The molecule has 6 nitrogen and oxygen atoms in total. The van der Waals surface area contributed by atoms with E-state index < -0.39 is 29.5 Å². The molecule has 1 fully saturated rings. The minimum atomic E-state index is -1.30. The summed E-state index contributed by atoms with van der Waals surface area (Å²) in [5.74, 6) is -1.54. The number of carbonyl (C=O) groups excluding carboxylic acids is 2. The average Bonchev–Trinajstić information content (AvgIpc) is 3.22. The summed E-state index contributed by atoms with van der Waals surface area (Å²) < 4.78 is 30.9. The second-order valence-electron chi connectivity index (χ2n) is 8.61. The van der Waals surface area contributed by atoms with Gasteiger partial charge >= 0.3 is 0 Å². The predicted octanol–water partition coefficient (Wildman–Crippen LogP) is 4.69. The summed E-state index contributed by atoms with van der Waals surface area (Å²) in [4.78, 5) is 32.6. The number of nitrogens with one attached hydrogen (secondary N) is 1. The van der Waals surface area contributed by atoms with Gasteiger partial charge in [-0.25, -0.2) is 13.8 Å². The summed E-state index contributed by atoms with van der Waals surface area (Å²) in [6.07, 6.45) is 8.00. The molecule has 3 aromatic rings. The van der Waals surface area contributed by atoms with Gasteiger partial charge in [-0.15, -0.1) is 0 Å². The lowest BCUT2D eigenvalue weighted by Gasteiger charge is -2.33. The largest absolute Gasteiger partial charge is 0.351 e. The van der Waals surface area contributed by atoms with Crippen molar-refractivity contribution in [3.05, 3.63) is 83.9 Å². The van der Waals surface area contributed by atoms with Crippen LogP contribution in [-0.2, 0) is 16.1 Å². The molecular weight excluding hydrogens is 438 g/mol. The Balaban J connectivity index is 1.77. The SMILES string of the molecule is Cc1nccn1CC(=O)N(c1cccc(F)c1)C(C(=O)NC1CCCCC1)c1ccccc1F. The third-order valence-electron chi connectivity index (χ3n) is 6.24. The molecule has 1 unspecified atom stereocenters. The van der Waals surface area contributed by atoms with Crippen LogP contribution in [0.15, 0.2) is 60.9 Å². The highest BCUT2D eigenvalue weighted by molar-refractivity contribution is 6.01. The van der Waals surface area contributed by atoms with Crippen molar-refractivity contribution in [1.82, 2.24) is 14.9 Å². The molecule has 0 saturated heterocycles. The lowest BCUT2D eigenvalue weighted by atomic mass is 9.94. The molecule has 8 heteroatoms. The van der Waals surface area contributed by atoms with Crippen molar-refractivity contribution in [2.24, 2.45) is 0 Å². The molecule has 1 aromatic heterocycles. The van der Waals surface area contributed by atoms with Gasteiger partial charge < -0.3 is 9.88 Å². The first-order chi connectivity index (χ1) is 16.4. The Morgan fingerprint density at radius 1 is 1.12 bits per heavy atom. The zero-order valence-electron chi connectivity index (χ0n) is 19.1. The Hall–Kier alpha value is -3.55. The maximum absolute atomic E-state index is 15.0. The molecule has 1 atom stereocenters. The number of carbonyl (C=O) groups is 2. The molecule has 0 bridgehead atoms. The van der Waals surface area contributed by atoms with E-state index in [1.165, 1.54) is 41.3 Å². The number of aromatic nitrogens is 2. The Labute approximate surface area is 197 Å². The summed E-state index contributed by atoms with van der Waals surface area (Å²) in [7, 11) is 0. The van der Waals surface area contributed by atoms with Crippen LogP contribution in [0, 0.1) is 18.6 Å². The first-order valence-electron chi connectivity index (χ1n) is 11.5. The molecule has 1 aliphatic carbocycles. The molecule has 1 heterocycles. The van der Waals surface area contributed by atoms with Crippen molar-refractivity contribution in [2.45, 2.75) is 57.7 Å². The molecule has 0 radical (unpaired) electrons. The van der Waals surface area contributed by atoms with E-state index in [0.717, 1.165) is 32.1 Å². The van der Waals surface area contributed by atoms with E-state index in [0.29, 0.717) is 5.82 Å². The summed E-state index contributed by atoms with van der Waals surface area (Å²) in [6, 6.07) is 9.98. The summed E-state index contributed by atoms with van der Waals surface area (Å²) in [6.45, 7) is 1.62. The van der Waals surface area contributed by atoms with Crippen LogP contribution < -0.4 is 10.2 Å². The minimum absolute atomic E-state index is 0.0455. The average molecular weight is 467 g/mol. The first kappa shape index (κ1) is 23.6. The van der Waals surface area contributed by atoms with Crippen molar-refractivity contribution in [3.8, 4) is 0 Å². The Morgan fingerprint density at radius 3 is 2.56 bits per heavy atom. The smallest absolute Gasteiger partial charge is 0.248 e. The number of anilines is 1.